The van der Waals surface area contributed by atoms with Crippen LogP contribution in [0, 0.1) is 12.7 Å². The Labute approximate surface area is 170 Å². The van der Waals surface area contributed by atoms with Crippen molar-refractivity contribution in [3.05, 3.63) is 46.3 Å². The summed E-state index contributed by atoms with van der Waals surface area (Å²) in [5, 5.41) is 11.7. The first kappa shape index (κ1) is 20.6. The molecule has 6 nitrogen and oxygen atoms in total. The van der Waals surface area contributed by atoms with E-state index < -0.39 is 0 Å². The second kappa shape index (κ2) is 8.47. The van der Waals surface area contributed by atoms with Gasteiger partial charge in [-0.3, -0.25) is 4.99 Å². The molecule has 0 radical (unpaired) electrons. The Morgan fingerprint density at radius 3 is 2.93 bits per heavy atom. The van der Waals surface area contributed by atoms with E-state index in [4.69, 9.17) is 16.6 Å². The second-order valence-electron chi connectivity index (χ2n) is 7.78. The maximum atomic E-state index is 13.4. The minimum absolute atomic E-state index is 0.0743. The summed E-state index contributed by atoms with van der Waals surface area (Å²) in [5.41, 5.74) is 0.541. The van der Waals surface area contributed by atoms with Crippen molar-refractivity contribution >= 4 is 17.6 Å². The van der Waals surface area contributed by atoms with E-state index in [-0.39, 0.29) is 17.3 Å². The summed E-state index contributed by atoms with van der Waals surface area (Å²) in [4.78, 5) is 9.36. The Morgan fingerprint density at radius 2 is 2.21 bits per heavy atom. The molecule has 1 atom stereocenters. The van der Waals surface area contributed by atoms with Crippen LogP contribution >= 0.6 is 11.6 Å². The SMILES string of the molecule is CCNC(=NCC(C)(C)c1ccc(F)cc1Cl)NC1CCCn2nc(C)nc21. The van der Waals surface area contributed by atoms with Gasteiger partial charge in [-0.05, 0) is 44.4 Å². The molecular formula is C20H28ClFN6. The molecule has 1 aromatic carbocycles. The van der Waals surface area contributed by atoms with Crippen LogP contribution in [-0.4, -0.2) is 33.8 Å². The van der Waals surface area contributed by atoms with Crippen molar-refractivity contribution < 1.29 is 4.39 Å². The van der Waals surface area contributed by atoms with Gasteiger partial charge < -0.3 is 10.6 Å². The number of nitrogens with one attached hydrogen (secondary N) is 2. The Bertz CT molecular complexity index is 860. The zero-order chi connectivity index (χ0) is 20.3. The molecule has 0 spiro atoms. The van der Waals surface area contributed by atoms with E-state index in [9.17, 15) is 4.39 Å². The van der Waals surface area contributed by atoms with E-state index in [0.717, 1.165) is 49.1 Å². The number of benzene rings is 1. The van der Waals surface area contributed by atoms with Gasteiger partial charge in [-0.1, -0.05) is 31.5 Å². The molecule has 3 rings (SSSR count). The van der Waals surface area contributed by atoms with Gasteiger partial charge in [0.05, 0.1) is 12.6 Å². The molecule has 0 aliphatic carbocycles. The molecule has 1 aliphatic rings. The summed E-state index contributed by atoms with van der Waals surface area (Å²) in [7, 11) is 0. The average molecular weight is 407 g/mol. The van der Waals surface area contributed by atoms with Crippen LogP contribution in [0.1, 0.15) is 56.9 Å². The molecule has 1 aliphatic heterocycles. The molecule has 0 amide bonds. The standard InChI is InChI=1S/C20H28ClFN6/c1-5-23-19(26-17-7-6-10-28-18(17)25-13(2)27-28)24-12-20(3,4)15-9-8-14(22)11-16(15)21/h8-9,11,17H,5-7,10,12H2,1-4H3,(H2,23,24,26). The lowest BCUT2D eigenvalue weighted by Gasteiger charge is -2.27. The van der Waals surface area contributed by atoms with Gasteiger partial charge in [0.15, 0.2) is 5.96 Å². The van der Waals surface area contributed by atoms with Crippen LogP contribution in [0.5, 0.6) is 0 Å². The van der Waals surface area contributed by atoms with Gasteiger partial charge in [0.25, 0.3) is 0 Å². The molecule has 2 heterocycles. The third-order valence-electron chi connectivity index (χ3n) is 4.93. The lowest BCUT2D eigenvalue weighted by Crippen LogP contribution is -2.42. The van der Waals surface area contributed by atoms with Crippen molar-refractivity contribution in [3.8, 4) is 0 Å². The summed E-state index contributed by atoms with van der Waals surface area (Å²) >= 11 is 6.27. The number of halogens is 2. The fourth-order valence-electron chi connectivity index (χ4n) is 3.49. The number of aromatic nitrogens is 3. The minimum atomic E-state index is -0.337. The first-order valence-corrected chi connectivity index (χ1v) is 10.1. The second-order valence-corrected chi connectivity index (χ2v) is 8.19. The largest absolute Gasteiger partial charge is 0.357 e. The van der Waals surface area contributed by atoms with Gasteiger partial charge in [0.1, 0.15) is 17.5 Å². The predicted molar refractivity (Wildman–Crippen MR) is 110 cm³/mol. The zero-order valence-electron chi connectivity index (χ0n) is 16.9. The summed E-state index contributed by atoms with van der Waals surface area (Å²) in [6.07, 6.45) is 2.03. The van der Waals surface area contributed by atoms with Crippen molar-refractivity contribution in [3.63, 3.8) is 0 Å². The Kier molecular flexibility index (Phi) is 6.23. The number of guanidine groups is 1. The van der Waals surface area contributed by atoms with E-state index in [0.29, 0.717) is 11.6 Å². The molecule has 1 aromatic heterocycles. The van der Waals surface area contributed by atoms with Crippen LogP contribution in [0.4, 0.5) is 4.39 Å². The first-order valence-electron chi connectivity index (χ1n) is 9.72. The minimum Gasteiger partial charge on any atom is -0.357 e. The summed E-state index contributed by atoms with van der Waals surface area (Å²) in [5.74, 6) is 2.14. The topological polar surface area (TPSA) is 67.1 Å². The number of aliphatic imine (C=N–C) groups is 1. The molecule has 0 bridgehead atoms. The van der Waals surface area contributed by atoms with Crippen LogP contribution in [0.2, 0.25) is 5.02 Å². The molecule has 152 valence electrons. The maximum absolute atomic E-state index is 13.4. The molecule has 8 heteroatoms. The van der Waals surface area contributed by atoms with Crippen LogP contribution in [0.15, 0.2) is 23.2 Å². The highest BCUT2D eigenvalue weighted by molar-refractivity contribution is 6.31. The van der Waals surface area contributed by atoms with Crippen LogP contribution in [-0.2, 0) is 12.0 Å². The van der Waals surface area contributed by atoms with E-state index in [1.54, 1.807) is 6.07 Å². The molecule has 2 N–H and O–H groups in total. The number of nitrogens with zero attached hydrogens (tertiary/aromatic N) is 4. The van der Waals surface area contributed by atoms with E-state index in [1.807, 2.05) is 18.5 Å². The Morgan fingerprint density at radius 1 is 1.43 bits per heavy atom. The first-order chi connectivity index (χ1) is 13.3. The van der Waals surface area contributed by atoms with E-state index in [2.05, 4.69) is 34.6 Å². The van der Waals surface area contributed by atoms with Gasteiger partial charge in [-0.15, -0.1) is 0 Å². The Hall–Kier alpha value is -2.15. The third kappa shape index (κ3) is 4.63. The molecule has 28 heavy (non-hydrogen) atoms. The fourth-order valence-corrected chi connectivity index (χ4v) is 3.91. The van der Waals surface area contributed by atoms with E-state index in [1.165, 1.54) is 12.1 Å². The van der Waals surface area contributed by atoms with Gasteiger partial charge in [-0.2, -0.15) is 5.10 Å². The van der Waals surface area contributed by atoms with Gasteiger partial charge in [-0.25, -0.2) is 14.1 Å². The molecule has 0 saturated carbocycles. The monoisotopic (exact) mass is 406 g/mol. The lowest BCUT2D eigenvalue weighted by atomic mass is 9.84. The molecule has 0 fully saturated rings. The number of aryl methyl sites for hydroxylation is 2. The highest BCUT2D eigenvalue weighted by atomic mass is 35.5. The van der Waals surface area contributed by atoms with E-state index >= 15 is 0 Å². The van der Waals surface area contributed by atoms with Gasteiger partial charge in [0, 0.05) is 23.5 Å². The highest BCUT2D eigenvalue weighted by Crippen LogP contribution is 2.31. The average Bonchev–Trinajstić information content (AvgIpc) is 3.01. The predicted octanol–water partition coefficient (Wildman–Crippen LogP) is 3.75. The maximum Gasteiger partial charge on any atom is 0.191 e. The van der Waals surface area contributed by atoms with Crippen LogP contribution in [0.3, 0.4) is 0 Å². The number of rotatable bonds is 5. The smallest absolute Gasteiger partial charge is 0.191 e. The van der Waals surface area contributed by atoms with Gasteiger partial charge >= 0.3 is 0 Å². The summed E-state index contributed by atoms with van der Waals surface area (Å²) < 4.78 is 15.4. The van der Waals surface area contributed by atoms with Crippen molar-refractivity contribution in [2.75, 3.05) is 13.1 Å². The number of fused-ring (bicyclic) bond motifs is 1. The quantitative estimate of drug-likeness (QED) is 0.586. The van der Waals surface area contributed by atoms with Crippen LogP contribution < -0.4 is 10.6 Å². The fraction of sp³-hybridized carbons (Fsp3) is 0.550. The lowest BCUT2D eigenvalue weighted by molar-refractivity contribution is 0.397. The van der Waals surface area contributed by atoms with Crippen molar-refractivity contribution in [1.82, 2.24) is 25.4 Å². The molecule has 2 aromatic rings. The Balaban J connectivity index is 1.77. The third-order valence-corrected chi connectivity index (χ3v) is 5.24. The number of hydrogen-bond acceptors (Lipinski definition) is 3. The van der Waals surface area contributed by atoms with Crippen molar-refractivity contribution in [2.45, 2.75) is 58.5 Å². The zero-order valence-corrected chi connectivity index (χ0v) is 17.6. The summed E-state index contributed by atoms with van der Waals surface area (Å²) in [6, 6.07) is 4.60. The molecule has 0 saturated heterocycles. The molecular weight excluding hydrogens is 379 g/mol. The highest BCUT2D eigenvalue weighted by Gasteiger charge is 2.26. The van der Waals surface area contributed by atoms with Crippen molar-refractivity contribution in [1.29, 1.82) is 0 Å². The molecule has 1 unspecified atom stereocenters. The van der Waals surface area contributed by atoms with Gasteiger partial charge in [0.2, 0.25) is 0 Å². The normalized spacial score (nSPS) is 17.4. The van der Waals surface area contributed by atoms with Crippen molar-refractivity contribution in [2.24, 2.45) is 4.99 Å². The van der Waals surface area contributed by atoms with Crippen LogP contribution in [0.25, 0.3) is 0 Å². The number of hydrogen-bond donors (Lipinski definition) is 2. The summed E-state index contributed by atoms with van der Waals surface area (Å²) in [6.45, 7) is 10.2.